The second kappa shape index (κ2) is 4.64. The van der Waals surface area contributed by atoms with Crippen molar-refractivity contribution >= 4 is 16.6 Å². The van der Waals surface area contributed by atoms with Gasteiger partial charge in [-0.15, -0.1) is 0 Å². The molecule has 2 heteroatoms. The van der Waals surface area contributed by atoms with Crippen molar-refractivity contribution in [2.24, 2.45) is 0 Å². The van der Waals surface area contributed by atoms with Crippen LogP contribution in [0.5, 0.6) is 0 Å². The number of hydrogen-bond acceptors (Lipinski definition) is 2. The average Bonchev–Trinajstić information content (AvgIpc) is 2.89. The lowest BCUT2D eigenvalue weighted by Crippen LogP contribution is -2.19. The fraction of sp³-hybridized carbons (Fsp3) is 0.167. The number of aromatic nitrogens is 1. The maximum Gasteiger partial charge on any atom is 0.0705 e. The van der Waals surface area contributed by atoms with Crippen LogP contribution in [0.15, 0.2) is 60.7 Å². The first kappa shape index (κ1) is 11.5. The van der Waals surface area contributed by atoms with E-state index >= 15 is 0 Å². The minimum atomic E-state index is 0.459. The van der Waals surface area contributed by atoms with Gasteiger partial charge in [-0.1, -0.05) is 42.5 Å². The summed E-state index contributed by atoms with van der Waals surface area (Å²) in [4.78, 5) is 4.76. The van der Waals surface area contributed by atoms with E-state index < -0.39 is 0 Å². The second-order valence-corrected chi connectivity index (χ2v) is 5.40. The first-order chi connectivity index (χ1) is 9.88. The second-order valence-electron chi connectivity index (χ2n) is 5.40. The third-order valence-electron chi connectivity index (χ3n) is 3.95. The summed E-state index contributed by atoms with van der Waals surface area (Å²) in [6.07, 6.45) is 2.06. The van der Waals surface area contributed by atoms with E-state index in [0.29, 0.717) is 6.04 Å². The molecule has 3 aromatic rings. The molecule has 20 heavy (non-hydrogen) atoms. The summed E-state index contributed by atoms with van der Waals surface area (Å²) < 4.78 is 0. The summed E-state index contributed by atoms with van der Waals surface area (Å²) in [7, 11) is 0. The van der Waals surface area contributed by atoms with Gasteiger partial charge < -0.3 is 5.32 Å². The van der Waals surface area contributed by atoms with E-state index in [4.69, 9.17) is 4.98 Å². The molecule has 0 radical (unpaired) electrons. The lowest BCUT2D eigenvalue weighted by molar-refractivity contribution is 0.733. The molecule has 0 saturated carbocycles. The molecule has 0 fully saturated rings. The predicted molar refractivity (Wildman–Crippen MR) is 83.0 cm³/mol. The number of benzene rings is 2. The van der Waals surface area contributed by atoms with Gasteiger partial charge in [-0.3, -0.25) is 4.98 Å². The van der Waals surface area contributed by atoms with Crippen LogP contribution in [0.25, 0.3) is 10.9 Å². The van der Waals surface area contributed by atoms with Crippen molar-refractivity contribution in [3.8, 4) is 0 Å². The molecule has 0 aliphatic carbocycles. The fourth-order valence-electron chi connectivity index (χ4n) is 2.97. The Kier molecular flexibility index (Phi) is 2.66. The standard InChI is InChI=1S/C18H16N2/c1-3-7-17-13(5-1)9-10-15(19-17)12-16-11-14-6-2-4-8-18(14)20-16/h1-10,16,20H,11-12H2. The van der Waals surface area contributed by atoms with Crippen LogP contribution in [0.4, 0.5) is 5.69 Å². The number of nitrogens with one attached hydrogen (secondary N) is 1. The maximum absolute atomic E-state index is 4.76. The van der Waals surface area contributed by atoms with E-state index in [1.165, 1.54) is 16.6 Å². The summed E-state index contributed by atoms with van der Waals surface area (Å²) in [6.45, 7) is 0. The van der Waals surface area contributed by atoms with E-state index in [1.807, 2.05) is 6.07 Å². The van der Waals surface area contributed by atoms with Crippen molar-refractivity contribution in [1.82, 2.24) is 4.98 Å². The van der Waals surface area contributed by atoms with Gasteiger partial charge in [0.25, 0.3) is 0 Å². The predicted octanol–water partition coefficient (Wildman–Crippen LogP) is 3.81. The van der Waals surface area contributed by atoms with Gasteiger partial charge in [0, 0.05) is 29.2 Å². The molecule has 1 atom stereocenters. The molecule has 98 valence electrons. The number of anilines is 1. The molecule has 1 aliphatic rings. The highest BCUT2D eigenvalue weighted by molar-refractivity contribution is 5.78. The van der Waals surface area contributed by atoms with Crippen molar-refractivity contribution in [1.29, 1.82) is 0 Å². The van der Waals surface area contributed by atoms with Crippen LogP contribution in [-0.4, -0.2) is 11.0 Å². The number of hydrogen-bond donors (Lipinski definition) is 1. The molecule has 2 nitrogen and oxygen atoms in total. The van der Waals surface area contributed by atoms with Crippen LogP contribution in [0.1, 0.15) is 11.3 Å². The first-order valence-electron chi connectivity index (χ1n) is 7.07. The van der Waals surface area contributed by atoms with E-state index in [0.717, 1.165) is 24.1 Å². The third kappa shape index (κ3) is 2.03. The maximum atomic E-state index is 4.76. The Morgan fingerprint density at radius 3 is 2.75 bits per heavy atom. The average molecular weight is 260 g/mol. The van der Waals surface area contributed by atoms with Gasteiger partial charge in [0.05, 0.1) is 5.52 Å². The Bertz CT molecular complexity index is 739. The zero-order valence-electron chi connectivity index (χ0n) is 11.2. The Morgan fingerprint density at radius 1 is 0.950 bits per heavy atom. The topological polar surface area (TPSA) is 24.9 Å². The third-order valence-corrected chi connectivity index (χ3v) is 3.95. The summed E-state index contributed by atoms with van der Waals surface area (Å²) in [5, 5.41) is 4.80. The molecular weight excluding hydrogens is 244 g/mol. The minimum Gasteiger partial charge on any atom is -0.381 e. The lowest BCUT2D eigenvalue weighted by Gasteiger charge is -2.11. The van der Waals surface area contributed by atoms with Crippen LogP contribution in [0.3, 0.4) is 0 Å². The Balaban J connectivity index is 1.57. The molecule has 0 saturated heterocycles. The SMILES string of the molecule is c1ccc2c(c1)CC(Cc1ccc3ccccc3n1)N2. The highest BCUT2D eigenvalue weighted by atomic mass is 15.0. The smallest absolute Gasteiger partial charge is 0.0705 e. The van der Waals surface area contributed by atoms with Crippen molar-refractivity contribution < 1.29 is 0 Å². The molecule has 1 N–H and O–H groups in total. The molecule has 2 aromatic carbocycles. The van der Waals surface area contributed by atoms with Gasteiger partial charge in [-0.25, -0.2) is 0 Å². The Hall–Kier alpha value is -2.35. The van der Waals surface area contributed by atoms with Gasteiger partial charge in [-0.05, 0) is 30.2 Å². The quantitative estimate of drug-likeness (QED) is 0.757. The molecule has 2 heterocycles. The lowest BCUT2D eigenvalue weighted by atomic mass is 10.1. The summed E-state index contributed by atoms with van der Waals surface area (Å²) in [6, 6.07) is 21.6. The van der Waals surface area contributed by atoms with Gasteiger partial charge in [0.2, 0.25) is 0 Å². The molecule has 1 unspecified atom stereocenters. The van der Waals surface area contributed by atoms with Gasteiger partial charge in [-0.2, -0.15) is 0 Å². The van der Waals surface area contributed by atoms with Crippen LogP contribution >= 0.6 is 0 Å². The van der Waals surface area contributed by atoms with Crippen LogP contribution in [0.2, 0.25) is 0 Å². The number of fused-ring (bicyclic) bond motifs is 2. The van der Waals surface area contributed by atoms with Gasteiger partial charge in [0.1, 0.15) is 0 Å². The van der Waals surface area contributed by atoms with E-state index in [1.54, 1.807) is 0 Å². The van der Waals surface area contributed by atoms with E-state index in [9.17, 15) is 0 Å². The summed E-state index contributed by atoms with van der Waals surface area (Å²) in [5.74, 6) is 0. The van der Waals surface area contributed by atoms with Gasteiger partial charge >= 0.3 is 0 Å². The number of rotatable bonds is 2. The zero-order chi connectivity index (χ0) is 13.4. The molecule has 0 amide bonds. The van der Waals surface area contributed by atoms with Gasteiger partial charge in [0.15, 0.2) is 0 Å². The normalized spacial score (nSPS) is 16.9. The molecule has 1 aromatic heterocycles. The Morgan fingerprint density at radius 2 is 1.80 bits per heavy atom. The van der Waals surface area contributed by atoms with Crippen molar-refractivity contribution in [3.63, 3.8) is 0 Å². The van der Waals surface area contributed by atoms with E-state index in [2.05, 4.69) is 59.9 Å². The number of nitrogens with zero attached hydrogens (tertiary/aromatic N) is 1. The molecule has 0 bridgehead atoms. The minimum absolute atomic E-state index is 0.459. The largest absolute Gasteiger partial charge is 0.381 e. The Labute approximate surface area is 118 Å². The number of para-hydroxylation sites is 2. The molecule has 4 rings (SSSR count). The van der Waals surface area contributed by atoms with Crippen LogP contribution in [0, 0.1) is 0 Å². The van der Waals surface area contributed by atoms with Crippen molar-refractivity contribution in [2.75, 3.05) is 5.32 Å². The first-order valence-corrected chi connectivity index (χ1v) is 7.07. The fourth-order valence-corrected chi connectivity index (χ4v) is 2.97. The summed E-state index contributed by atoms with van der Waals surface area (Å²) in [5.41, 5.74) is 4.94. The highest BCUT2D eigenvalue weighted by Gasteiger charge is 2.20. The summed E-state index contributed by atoms with van der Waals surface area (Å²) >= 11 is 0. The number of pyridine rings is 1. The van der Waals surface area contributed by atoms with Crippen LogP contribution < -0.4 is 5.32 Å². The zero-order valence-corrected chi connectivity index (χ0v) is 11.2. The molecular formula is C18H16N2. The highest BCUT2D eigenvalue weighted by Crippen LogP contribution is 2.26. The van der Waals surface area contributed by atoms with Crippen molar-refractivity contribution in [3.05, 3.63) is 71.9 Å². The monoisotopic (exact) mass is 260 g/mol. The van der Waals surface area contributed by atoms with Crippen molar-refractivity contribution in [2.45, 2.75) is 18.9 Å². The van der Waals surface area contributed by atoms with Crippen LogP contribution in [-0.2, 0) is 12.8 Å². The molecule has 1 aliphatic heterocycles. The van der Waals surface area contributed by atoms with E-state index in [-0.39, 0.29) is 0 Å². The molecule has 0 spiro atoms.